The quantitative estimate of drug-likeness (QED) is 0.122. The lowest BCUT2D eigenvalue weighted by Gasteiger charge is -2.41. The molecule has 0 radical (unpaired) electrons. The summed E-state index contributed by atoms with van der Waals surface area (Å²) in [5, 5.41) is -1.09. The molecule has 1 atom stereocenters. The van der Waals surface area contributed by atoms with E-state index in [2.05, 4.69) is 11.3 Å². The van der Waals surface area contributed by atoms with Crippen molar-refractivity contribution in [3.05, 3.63) is 12.2 Å². The van der Waals surface area contributed by atoms with Gasteiger partial charge in [-0.25, -0.2) is 4.79 Å². The standard InChI is InChI=1S/C15H14F13NO3S/c1-7(9(31)32-4-3-29-6-30)5-33-8(2)10(16,17)11(18,19)12(20,21)13(22,23)14(24,25)15(26,27)28/h6,8H,1,3-5H2,2H3,(H,29,30). The molecule has 194 valence electrons. The van der Waals surface area contributed by atoms with Gasteiger partial charge in [0, 0.05) is 11.3 Å². The topological polar surface area (TPSA) is 55.4 Å². The Morgan fingerprint density at radius 2 is 1.36 bits per heavy atom. The summed E-state index contributed by atoms with van der Waals surface area (Å²) in [6, 6.07) is 0. The number of hydrogen-bond acceptors (Lipinski definition) is 4. The van der Waals surface area contributed by atoms with E-state index in [0.29, 0.717) is 0 Å². The van der Waals surface area contributed by atoms with E-state index in [4.69, 9.17) is 0 Å². The third kappa shape index (κ3) is 5.79. The number of halogens is 13. The van der Waals surface area contributed by atoms with Gasteiger partial charge in [-0.05, 0) is 6.92 Å². The molecule has 1 amide bonds. The van der Waals surface area contributed by atoms with E-state index < -0.39 is 76.7 Å². The van der Waals surface area contributed by atoms with E-state index in [1.54, 1.807) is 0 Å². The predicted octanol–water partition coefficient (Wildman–Crippen LogP) is 4.69. The number of hydrogen-bond donors (Lipinski definition) is 1. The first kappa shape index (κ1) is 31.1. The van der Waals surface area contributed by atoms with Crippen molar-refractivity contribution >= 4 is 24.1 Å². The molecular weight excluding hydrogens is 521 g/mol. The van der Waals surface area contributed by atoms with Crippen LogP contribution in [-0.4, -0.2) is 72.3 Å². The fourth-order valence-corrected chi connectivity index (χ4v) is 2.72. The van der Waals surface area contributed by atoms with Gasteiger partial charge in [0.25, 0.3) is 0 Å². The average molecular weight is 535 g/mol. The van der Waals surface area contributed by atoms with Crippen molar-refractivity contribution in [1.29, 1.82) is 0 Å². The van der Waals surface area contributed by atoms with E-state index in [9.17, 15) is 66.7 Å². The van der Waals surface area contributed by atoms with Gasteiger partial charge in [0.05, 0.1) is 11.8 Å². The van der Waals surface area contributed by atoms with Gasteiger partial charge in [0.15, 0.2) is 0 Å². The Morgan fingerprint density at radius 1 is 0.909 bits per heavy atom. The monoisotopic (exact) mass is 535 g/mol. The molecule has 0 heterocycles. The SMILES string of the molecule is C=C(CSC(C)C(F)(F)C(F)(F)C(F)(F)C(F)(F)C(F)(F)C(F)(F)F)C(=O)OCCNC=O. The maximum atomic E-state index is 13.9. The predicted molar refractivity (Wildman–Crippen MR) is 86.9 cm³/mol. The summed E-state index contributed by atoms with van der Waals surface area (Å²) in [7, 11) is 0. The summed E-state index contributed by atoms with van der Waals surface area (Å²) >= 11 is -0.460. The molecule has 1 unspecified atom stereocenters. The lowest BCUT2D eigenvalue weighted by atomic mass is 9.93. The zero-order valence-electron chi connectivity index (χ0n) is 16.0. The molecule has 0 rings (SSSR count). The molecule has 4 nitrogen and oxygen atoms in total. The van der Waals surface area contributed by atoms with Crippen molar-refractivity contribution in [3.63, 3.8) is 0 Å². The van der Waals surface area contributed by atoms with Gasteiger partial charge >= 0.3 is 41.8 Å². The summed E-state index contributed by atoms with van der Waals surface area (Å²) in [6.07, 6.45) is -7.27. The molecule has 0 aromatic carbocycles. The number of nitrogens with one attached hydrogen (secondary N) is 1. The molecular formula is C15H14F13NO3S. The number of amides is 1. The molecule has 18 heteroatoms. The maximum Gasteiger partial charge on any atom is 0.460 e. The van der Waals surface area contributed by atoms with Crippen molar-refractivity contribution in [1.82, 2.24) is 5.32 Å². The van der Waals surface area contributed by atoms with Crippen molar-refractivity contribution in [3.8, 4) is 0 Å². The minimum Gasteiger partial charge on any atom is -0.460 e. The molecule has 0 aromatic rings. The van der Waals surface area contributed by atoms with Gasteiger partial charge in [-0.15, -0.1) is 11.8 Å². The summed E-state index contributed by atoms with van der Waals surface area (Å²) in [5.74, 6) is -39.7. The first-order valence-electron chi connectivity index (χ1n) is 8.13. The second-order valence-electron chi connectivity index (χ2n) is 6.18. The Morgan fingerprint density at radius 3 is 1.79 bits per heavy atom. The highest BCUT2D eigenvalue weighted by atomic mass is 32.2. The van der Waals surface area contributed by atoms with Crippen LogP contribution >= 0.6 is 11.8 Å². The van der Waals surface area contributed by atoms with E-state index in [-0.39, 0.29) is 19.9 Å². The van der Waals surface area contributed by atoms with Gasteiger partial charge in [-0.3, -0.25) is 4.79 Å². The second kappa shape index (κ2) is 10.2. The number of carbonyl (C=O) groups is 2. The van der Waals surface area contributed by atoms with Crippen LogP contribution in [0.2, 0.25) is 0 Å². The van der Waals surface area contributed by atoms with Crippen LogP contribution in [0.1, 0.15) is 6.92 Å². The van der Waals surface area contributed by atoms with Gasteiger partial charge in [-0.1, -0.05) is 6.58 Å². The average Bonchev–Trinajstić information content (AvgIpc) is 2.67. The zero-order valence-corrected chi connectivity index (χ0v) is 16.8. The van der Waals surface area contributed by atoms with Crippen LogP contribution in [0.15, 0.2) is 12.2 Å². The highest BCUT2D eigenvalue weighted by molar-refractivity contribution is 8.00. The molecule has 0 aliphatic heterocycles. The fourth-order valence-electron chi connectivity index (χ4n) is 1.79. The summed E-state index contributed by atoms with van der Waals surface area (Å²) < 4.78 is 175. The molecule has 0 saturated heterocycles. The van der Waals surface area contributed by atoms with Crippen LogP contribution in [0.3, 0.4) is 0 Å². The van der Waals surface area contributed by atoms with Crippen LogP contribution in [0.4, 0.5) is 57.1 Å². The van der Waals surface area contributed by atoms with Gasteiger partial charge < -0.3 is 10.1 Å². The Hall–Kier alpha value is -1.88. The minimum atomic E-state index is -7.97. The Labute approximate surface area is 180 Å². The normalized spacial score (nSPS) is 15.1. The van der Waals surface area contributed by atoms with Gasteiger partial charge in [0.2, 0.25) is 6.41 Å². The highest BCUT2D eigenvalue weighted by Gasteiger charge is 2.91. The van der Waals surface area contributed by atoms with Crippen molar-refractivity contribution in [2.75, 3.05) is 18.9 Å². The van der Waals surface area contributed by atoms with E-state index in [1.165, 1.54) is 0 Å². The van der Waals surface area contributed by atoms with E-state index >= 15 is 0 Å². The van der Waals surface area contributed by atoms with Gasteiger partial charge in [-0.2, -0.15) is 57.1 Å². The van der Waals surface area contributed by atoms with Crippen molar-refractivity contribution in [2.24, 2.45) is 0 Å². The molecule has 0 aromatic heterocycles. The molecule has 0 aliphatic rings. The molecule has 1 N–H and O–H groups in total. The smallest absolute Gasteiger partial charge is 0.460 e. The zero-order chi connectivity index (χ0) is 26.7. The number of esters is 1. The molecule has 33 heavy (non-hydrogen) atoms. The molecule has 0 spiro atoms. The number of ether oxygens (including phenoxy) is 1. The number of rotatable bonds is 13. The van der Waals surface area contributed by atoms with Crippen LogP contribution in [0.25, 0.3) is 0 Å². The third-order valence-electron chi connectivity index (χ3n) is 3.83. The molecule has 0 bridgehead atoms. The Balaban J connectivity index is 5.61. The Kier molecular flexibility index (Phi) is 9.59. The minimum absolute atomic E-state index is 0.0430. The van der Waals surface area contributed by atoms with Crippen LogP contribution in [0, 0.1) is 0 Å². The van der Waals surface area contributed by atoms with E-state index in [0.717, 1.165) is 0 Å². The van der Waals surface area contributed by atoms with E-state index in [1.807, 2.05) is 5.32 Å². The summed E-state index contributed by atoms with van der Waals surface area (Å²) in [6.45, 7) is 2.39. The lowest BCUT2D eigenvalue weighted by molar-refractivity contribution is -0.439. The number of thioether (sulfide) groups is 1. The first-order valence-corrected chi connectivity index (χ1v) is 9.18. The maximum absolute atomic E-state index is 13.9. The fraction of sp³-hybridized carbons (Fsp3) is 0.733. The summed E-state index contributed by atoms with van der Waals surface area (Å²) in [5.41, 5.74) is -0.724. The van der Waals surface area contributed by atoms with Crippen LogP contribution in [0.5, 0.6) is 0 Å². The highest BCUT2D eigenvalue weighted by Crippen LogP contribution is 2.61. The number of alkyl halides is 13. The number of carbonyl (C=O) groups excluding carboxylic acids is 2. The summed E-state index contributed by atoms with van der Waals surface area (Å²) in [4.78, 5) is 21.4. The lowest BCUT2D eigenvalue weighted by Crippen LogP contribution is -2.71. The van der Waals surface area contributed by atoms with Crippen LogP contribution < -0.4 is 5.32 Å². The van der Waals surface area contributed by atoms with Gasteiger partial charge in [0.1, 0.15) is 6.61 Å². The van der Waals surface area contributed by atoms with Crippen LogP contribution in [-0.2, 0) is 14.3 Å². The molecule has 0 saturated carbocycles. The van der Waals surface area contributed by atoms with Crippen molar-refractivity contribution in [2.45, 2.75) is 48.0 Å². The third-order valence-corrected chi connectivity index (χ3v) is 5.14. The van der Waals surface area contributed by atoms with Crippen molar-refractivity contribution < 1.29 is 71.4 Å². The second-order valence-corrected chi connectivity index (χ2v) is 7.51. The first-order chi connectivity index (χ1) is 14.5. The largest absolute Gasteiger partial charge is 0.460 e. The molecule has 0 fully saturated rings. The Bertz CT molecular complexity index is 724. The molecule has 0 aliphatic carbocycles.